The highest BCUT2D eigenvalue weighted by atomic mass is 32.2. The van der Waals surface area contributed by atoms with Gasteiger partial charge < -0.3 is 5.41 Å². The Labute approximate surface area is 165 Å². The van der Waals surface area contributed by atoms with Gasteiger partial charge in [0.25, 0.3) is 5.56 Å². The van der Waals surface area contributed by atoms with Crippen LogP contribution in [0.2, 0.25) is 0 Å². The molecule has 3 rings (SSSR count). The number of pyridine rings is 1. The van der Waals surface area contributed by atoms with E-state index in [4.69, 9.17) is 10.7 Å². The summed E-state index contributed by atoms with van der Waals surface area (Å²) in [6, 6.07) is 12.4. The molecule has 0 saturated carbocycles. The number of nitriles is 1. The summed E-state index contributed by atoms with van der Waals surface area (Å²) < 4.78 is 1.40. The third-order valence-corrected chi connectivity index (χ3v) is 5.13. The van der Waals surface area contributed by atoms with Crippen molar-refractivity contribution in [3.8, 4) is 11.9 Å². The first-order valence-electron chi connectivity index (χ1n) is 8.48. The maximum atomic E-state index is 13.1. The molecule has 8 heteroatoms. The Morgan fingerprint density at radius 3 is 2.75 bits per heavy atom. The van der Waals surface area contributed by atoms with Crippen molar-refractivity contribution in [3.63, 3.8) is 0 Å². The molecule has 0 spiro atoms. The number of carbonyl (C=O) groups excluding carboxylic acids is 1. The molecule has 1 atom stereocenters. The lowest BCUT2D eigenvalue weighted by Gasteiger charge is -2.14. The van der Waals surface area contributed by atoms with Crippen LogP contribution in [0.1, 0.15) is 12.5 Å². The third-order valence-electron chi connectivity index (χ3n) is 4.17. The number of fused-ring (bicyclic) bond motifs is 1. The van der Waals surface area contributed by atoms with E-state index in [1.165, 1.54) is 11.5 Å². The van der Waals surface area contributed by atoms with Gasteiger partial charge in [-0.2, -0.15) is 5.26 Å². The van der Waals surface area contributed by atoms with Crippen LogP contribution in [0.3, 0.4) is 0 Å². The number of hydrogen-bond donors (Lipinski definition) is 1. The monoisotopic (exact) mass is 391 g/mol. The highest BCUT2D eigenvalue weighted by molar-refractivity contribution is 7.99. The van der Waals surface area contributed by atoms with Crippen molar-refractivity contribution in [2.75, 3.05) is 5.75 Å². The predicted molar refractivity (Wildman–Crippen MR) is 108 cm³/mol. The average Bonchev–Trinajstić information content (AvgIpc) is 2.68. The second kappa shape index (κ2) is 8.15. The number of benzene rings is 1. The van der Waals surface area contributed by atoms with Gasteiger partial charge in [-0.15, -0.1) is 0 Å². The highest BCUT2D eigenvalue weighted by Crippen LogP contribution is 2.22. The standard InChI is InChI=1S/C20H17N5O2S/c1-12-6-5-9-23-18(12)25-19(27)14-7-3-4-8-16(14)24-20(25)28-11-17(26)15(10-21)13(2)22/h3-9,15,22H,11H2,1-2H3/t15-/m0/s1. The van der Waals surface area contributed by atoms with Crippen LogP contribution < -0.4 is 5.56 Å². The van der Waals surface area contributed by atoms with E-state index in [2.05, 4.69) is 9.97 Å². The van der Waals surface area contributed by atoms with Crippen molar-refractivity contribution >= 4 is 34.2 Å². The summed E-state index contributed by atoms with van der Waals surface area (Å²) in [7, 11) is 0. The smallest absolute Gasteiger partial charge is 0.267 e. The number of aromatic nitrogens is 3. The molecule has 7 nitrogen and oxygen atoms in total. The van der Waals surface area contributed by atoms with Gasteiger partial charge in [-0.1, -0.05) is 30.0 Å². The summed E-state index contributed by atoms with van der Waals surface area (Å²) in [5.74, 6) is -1.12. The summed E-state index contributed by atoms with van der Waals surface area (Å²) in [4.78, 5) is 34.4. The first-order valence-corrected chi connectivity index (χ1v) is 9.46. The van der Waals surface area contributed by atoms with Crippen molar-refractivity contribution in [1.82, 2.24) is 14.5 Å². The Morgan fingerprint density at radius 2 is 2.07 bits per heavy atom. The van der Waals surface area contributed by atoms with Crippen molar-refractivity contribution in [2.24, 2.45) is 5.92 Å². The Kier molecular flexibility index (Phi) is 5.66. The number of hydrogen-bond acceptors (Lipinski definition) is 7. The maximum absolute atomic E-state index is 13.1. The largest absolute Gasteiger partial charge is 0.308 e. The number of nitrogens with zero attached hydrogens (tertiary/aromatic N) is 4. The number of Topliss-reactive ketones (excluding diaryl/α,β-unsaturated/α-hetero) is 1. The second-order valence-electron chi connectivity index (χ2n) is 6.20. The fraction of sp³-hybridized carbons (Fsp3) is 0.200. The van der Waals surface area contributed by atoms with Gasteiger partial charge in [0.05, 0.1) is 22.7 Å². The van der Waals surface area contributed by atoms with E-state index < -0.39 is 11.7 Å². The van der Waals surface area contributed by atoms with Crippen LogP contribution in [-0.2, 0) is 4.79 Å². The first kappa shape index (κ1) is 19.5. The van der Waals surface area contributed by atoms with E-state index in [1.54, 1.807) is 36.5 Å². The van der Waals surface area contributed by atoms with E-state index >= 15 is 0 Å². The molecule has 1 N–H and O–H groups in total. The molecule has 0 unspecified atom stereocenters. The van der Waals surface area contributed by atoms with Crippen molar-refractivity contribution in [1.29, 1.82) is 10.7 Å². The number of thioether (sulfide) groups is 1. The molecule has 0 amide bonds. The Balaban J connectivity index is 2.11. The zero-order valence-electron chi connectivity index (χ0n) is 15.3. The van der Waals surface area contributed by atoms with Gasteiger partial charge in [0, 0.05) is 11.9 Å². The lowest BCUT2D eigenvalue weighted by atomic mass is 10.0. The van der Waals surface area contributed by atoms with E-state index in [0.717, 1.165) is 17.3 Å². The van der Waals surface area contributed by atoms with Gasteiger partial charge in [-0.25, -0.2) is 14.5 Å². The lowest BCUT2D eigenvalue weighted by molar-refractivity contribution is -0.117. The number of nitrogens with one attached hydrogen (secondary N) is 1. The number of para-hydroxylation sites is 1. The van der Waals surface area contributed by atoms with Gasteiger partial charge in [0.15, 0.2) is 10.9 Å². The highest BCUT2D eigenvalue weighted by Gasteiger charge is 2.22. The van der Waals surface area contributed by atoms with E-state index in [0.29, 0.717) is 21.9 Å². The topological polar surface area (TPSA) is 112 Å². The predicted octanol–water partition coefficient (Wildman–Crippen LogP) is 2.93. The molecule has 0 aliphatic rings. The molecule has 0 aliphatic heterocycles. The van der Waals surface area contributed by atoms with E-state index in [9.17, 15) is 9.59 Å². The molecule has 28 heavy (non-hydrogen) atoms. The van der Waals surface area contributed by atoms with Gasteiger partial charge in [-0.05, 0) is 37.6 Å². The summed E-state index contributed by atoms with van der Waals surface area (Å²) in [5.41, 5.74) is 1.03. The third kappa shape index (κ3) is 3.70. The van der Waals surface area contributed by atoms with Gasteiger partial charge in [0.1, 0.15) is 11.7 Å². The zero-order chi connectivity index (χ0) is 20.3. The van der Waals surface area contributed by atoms with Crippen LogP contribution in [0.5, 0.6) is 0 Å². The molecule has 1 aromatic carbocycles. The van der Waals surface area contributed by atoms with E-state index in [1.807, 2.05) is 19.1 Å². The van der Waals surface area contributed by atoms with Crippen LogP contribution in [0.15, 0.2) is 52.5 Å². The quantitative estimate of drug-likeness (QED) is 0.393. The van der Waals surface area contributed by atoms with Crippen molar-refractivity contribution in [3.05, 3.63) is 58.5 Å². The normalized spacial score (nSPS) is 11.8. The van der Waals surface area contributed by atoms with Crippen LogP contribution in [0, 0.1) is 29.6 Å². The maximum Gasteiger partial charge on any atom is 0.267 e. The molecule has 0 aliphatic carbocycles. The fourth-order valence-electron chi connectivity index (χ4n) is 2.74. The summed E-state index contributed by atoms with van der Waals surface area (Å²) in [6.45, 7) is 3.27. The minimum Gasteiger partial charge on any atom is -0.308 e. The SMILES string of the molecule is CC(=N)[C@H](C#N)C(=O)CSc1nc2ccccc2c(=O)n1-c1ncccc1C. The molecule has 140 valence electrons. The van der Waals surface area contributed by atoms with Gasteiger partial charge in [-0.3, -0.25) is 9.59 Å². The molecular formula is C20H17N5O2S. The second-order valence-corrected chi connectivity index (χ2v) is 7.14. The van der Waals surface area contributed by atoms with Gasteiger partial charge >= 0.3 is 0 Å². The Hall–Kier alpha value is -3.31. The first-order chi connectivity index (χ1) is 13.4. The Morgan fingerprint density at radius 1 is 1.32 bits per heavy atom. The summed E-state index contributed by atoms with van der Waals surface area (Å²) in [6.07, 6.45) is 1.59. The average molecular weight is 391 g/mol. The van der Waals surface area contributed by atoms with E-state index in [-0.39, 0.29) is 17.0 Å². The molecule has 3 aromatic rings. The summed E-state index contributed by atoms with van der Waals surface area (Å²) in [5, 5.41) is 17.5. The molecule has 0 saturated heterocycles. The number of ketones is 1. The van der Waals surface area contributed by atoms with Crippen molar-refractivity contribution in [2.45, 2.75) is 19.0 Å². The lowest BCUT2D eigenvalue weighted by Crippen LogP contribution is -2.25. The number of rotatable bonds is 6. The molecule has 0 bridgehead atoms. The molecule has 2 heterocycles. The van der Waals surface area contributed by atoms with Gasteiger partial charge in [0.2, 0.25) is 0 Å². The zero-order valence-corrected chi connectivity index (χ0v) is 16.2. The molecular weight excluding hydrogens is 374 g/mol. The number of aryl methyl sites for hydroxylation is 1. The molecule has 2 aromatic heterocycles. The van der Waals surface area contributed by atoms with Crippen LogP contribution in [0.25, 0.3) is 16.7 Å². The fourth-order valence-corrected chi connectivity index (χ4v) is 3.64. The van der Waals surface area contributed by atoms with Crippen LogP contribution in [-0.4, -0.2) is 31.8 Å². The minimum atomic E-state index is -1.09. The number of carbonyl (C=O) groups is 1. The van der Waals surface area contributed by atoms with Crippen LogP contribution >= 0.6 is 11.8 Å². The van der Waals surface area contributed by atoms with Crippen molar-refractivity contribution < 1.29 is 4.79 Å². The molecule has 0 radical (unpaired) electrons. The minimum absolute atomic E-state index is 0.00229. The molecule has 0 fully saturated rings. The van der Waals surface area contributed by atoms with Crippen LogP contribution in [0.4, 0.5) is 0 Å². The Bertz CT molecular complexity index is 1180. The summed E-state index contributed by atoms with van der Waals surface area (Å²) >= 11 is 1.06.